The maximum absolute atomic E-state index is 12.1. The Balaban J connectivity index is 1.53. The summed E-state index contributed by atoms with van der Waals surface area (Å²) in [6.45, 7) is 1.33. The van der Waals surface area contributed by atoms with Crippen molar-refractivity contribution in [2.75, 3.05) is 11.9 Å². The molecule has 0 aliphatic carbocycles. The quantitative estimate of drug-likeness (QED) is 0.601. The van der Waals surface area contributed by atoms with Crippen LogP contribution >= 0.6 is 0 Å². The zero-order valence-electron chi connectivity index (χ0n) is 15.7. The number of ether oxygens (including phenoxy) is 2. The normalized spacial score (nSPS) is 9.93. The third kappa shape index (κ3) is 5.44. The van der Waals surface area contributed by atoms with E-state index >= 15 is 0 Å². The number of hydrogen-bond donors (Lipinski definition) is 1. The maximum atomic E-state index is 12.1. The first-order valence-corrected chi connectivity index (χ1v) is 8.86. The smallest absolute Gasteiger partial charge is 0.262 e. The second-order valence-corrected chi connectivity index (χ2v) is 6.15. The number of nitrogens with zero attached hydrogens (tertiary/aromatic N) is 1. The molecule has 3 rings (SSSR count). The van der Waals surface area contributed by atoms with Gasteiger partial charge >= 0.3 is 0 Å². The van der Waals surface area contributed by atoms with Crippen molar-refractivity contribution in [3.63, 3.8) is 0 Å². The van der Waals surface area contributed by atoms with Gasteiger partial charge in [0.05, 0.1) is 5.56 Å². The highest BCUT2D eigenvalue weighted by atomic mass is 16.5. The summed E-state index contributed by atoms with van der Waals surface area (Å²) in [5.41, 5.74) is 1.62. The van der Waals surface area contributed by atoms with Gasteiger partial charge < -0.3 is 14.8 Å². The molecule has 144 valence electrons. The third-order valence-corrected chi connectivity index (χ3v) is 4.00. The van der Waals surface area contributed by atoms with Crippen LogP contribution in [-0.2, 0) is 4.79 Å². The van der Waals surface area contributed by atoms with Crippen LogP contribution in [0.25, 0.3) is 0 Å². The summed E-state index contributed by atoms with van der Waals surface area (Å²) in [7, 11) is 0. The topological polar surface area (TPSA) is 88.4 Å². The van der Waals surface area contributed by atoms with Crippen LogP contribution in [-0.4, -0.2) is 18.3 Å². The number of anilines is 1. The summed E-state index contributed by atoms with van der Waals surface area (Å²) in [6.07, 6.45) is 0. The minimum atomic E-state index is -0.316. The Hall–Kier alpha value is -4.11. The van der Waals surface area contributed by atoms with Crippen LogP contribution in [0.2, 0.25) is 0 Å². The van der Waals surface area contributed by atoms with Gasteiger partial charge in [-0.05, 0) is 67.6 Å². The van der Waals surface area contributed by atoms with Crippen molar-refractivity contribution in [1.29, 1.82) is 5.26 Å². The second-order valence-electron chi connectivity index (χ2n) is 6.15. The lowest BCUT2D eigenvalue weighted by Crippen LogP contribution is -2.20. The summed E-state index contributed by atoms with van der Waals surface area (Å²) in [6, 6.07) is 22.4. The molecule has 0 spiro atoms. The van der Waals surface area contributed by atoms with Crippen LogP contribution in [0.15, 0.2) is 72.8 Å². The zero-order valence-corrected chi connectivity index (χ0v) is 15.7. The van der Waals surface area contributed by atoms with Gasteiger partial charge in [0.15, 0.2) is 12.4 Å². The third-order valence-electron chi connectivity index (χ3n) is 4.00. The van der Waals surface area contributed by atoms with E-state index in [0.717, 1.165) is 0 Å². The number of carbonyl (C=O) groups is 2. The van der Waals surface area contributed by atoms with Crippen LogP contribution < -0.4 is 14.8 Å². The van der Waals surface area contributed by atoms with Crippen molar-refractivity contribution < 1.29 is 19.1 Å². The SMILES string of the molecule is CC(=O)c1ccc(OCC(=O)Nc2ccc(Oc3ccccc3C#N)cc2)cc1. The molecule has 0 bridgehead atoms. The van der Waals surface area contributed by atoms with Crippen molar-refractivity contribution in [1.82, 2.24) is 0 Å². The molecule has 3 aromatic rings. The van der Waals surface area contributed by atoms with E-state index in [1.54, 1.807) is 72.8 Å². The number of amides is 1. The van der Waals surface area contributed by atoms with Gasteiger partial charge in [-0.25, -0.2) is 0 Å². The number of ketones is 1. The monoisotopic (exact) mass is 386 g/mol. The Labute approximate surface area is 168 Å². The molecule has 6 heteroatoms. The number of carbonyl (C=O) groups excluding carboxylic acids is 2. The van der Waals surface area contributed by atoms with E-state index < -0.39 is 0 Å². The molecule has 1 N–H and O–H groups in total. The Morgan fingerprint density at radius 1 is 0.931 bits per heavy atom. The van der Waals surface area contributed by atoms with Crippen LogP contribution in [0, 0.1) is 11.3 Å². The lowest BCUT2D eigenvalue weighted by atomic mass is 10.1. The van der Waals surface area contributed by atoms with E-state index in [9.17, 15) is 9.59 Å². The van der Waals surface area contributed by atoms with Gasteiger partial charge in [-0.15, -0.1) is 0 Å². The first-order valence-electron chi connectivity index (χ1n) is 8.86. The second kappa shape index (κ2) is 9.20. The molecule has 6 nitrogen and oxygen atoms in total. The number of para-hydroxylation sites is 1. The predicted octanol–water partition coefficient (Wildman–Crippen LogP) is 4.57. The van der Waals surface area contributed by atoms with Crippen molar-refractivity contribution in [2.24, 2.45) is 0 Å². The molecule has 0 radical (unpaired) electrons. The summed E-state index contributed by atoms with van der Waals surface area (Å²) >= 11 is 0. The molecule has 29 heavy (non-hydrogen) atoms. The molecular formula is C23H18N2O4. The van der Waals surface area contributed by atoms with Gasteiger partial charge in [0, 0.05) is 11.3 Å². The highest BCUT2D eigenvalue weighted by Crippen LogP contribution is 2.25. The van der Waals surface area contributed by atoms with Crippen LogP contribution in [0.5, 0.6) is 17.2 Å². The molecule has 0 atom stereocenters. The summed E-state index contributed by atoms with van der Waals surface area (Å²) < 4.78 is 11.1. The molecule has 1 amide bonds. The Bertz CT molecular complexity index is 1050. The fraction of sp³-hybridized carbons (Fsp3) is 0.0870. The van der Waals surface area contributed by atoms with Gasteiger partial charge in [-0.3, -0.25) is 9.59 Å². The maximum Gasteiger partial charge on any atom is 0.262 e. The van der Waals surface area contributed by atoms with E-state index in [4.69, 9.17) is 14.7 Å². The van der Waals surface area contributed by atoms with Crippen molar-refractivity contribution in [3.05, 3.63) is 83.9 Å². The molecule has 0 heterocycles. The number of benzene rings is 3. The van der Waals surface area contributed by atoms with Gasteiger partial charge in [0.25, 0.3) is 5.91 Å². The van der Waals surface area contributed by atoms with E-state index in [-0.39, 0.29) is 18.3 Å². The molecule has 0 unspecified atom stereocenters. The number of nitriles is 1. The Kier molecular flexibility index (Phi) is 6.23. The number of nitrogens with one attached hydrogen (secondary N) is 1. The van der Waals surface area contributed by atoms with E-state index in [1.807, 2.05) is 0 Å². The van der Waals surface area contributed by atoms with Crippen molar-refractivity contribution >= 4 is 17.4 Å². The van der Waals surface area contributed by atoms with E-state index in [1.165, 1.54) is 6.92 Å². The first kappa shape index (κ1) is 19.6. The average Bonchev–Trinajstić information content (AvgIpc) is 2.74. The highest BCUT2D eigenvalue weighted by molar-refractivity contribution is 5.94. The van der Waals surface area contributed by atoms with Gasteiger partial charge in [-0.2, -0.15) is 5.26 Å². The number of Topliss-reactive ketones (excluding diaryl/α,β-unsaturated/α-hetero) is 1. The number of hydrogen-bond acceptors (Lipinski definition) is 5. The van der Waals surface area contributed by atoms with Crippen LogP contribution in [0.4, 0.5) is 5.69 Å². The molecule has 0 aliphatic rings. The Morgan fingerprint density at radius 3 is 2.24 bits per heavy atom. The van der Waals surface area contributed by atoms with Crippen LogP contribution in [0.3, 0.4) is 0 Å². The summed E-state index contributed by atoms with van der Waals surface area (Å²) in [5.74, 6) is 1.18. The Morgan fingerprint density at radius 2 is 1.59 bits per heavy atom. The fourth-order valence-corrected chi connectivity index (χ4v) is 2.51. The number of rotatable bonds is 7. The van der Waals surface area contributed by atoms with Crippen molar-refractivity contribution in [3.8, 4) is 23.3 Å². The molecule has 3 aromatic carbocycles. The minimum absolute atomic E-state index is 0.0298. The first-order chi connectivity index (χ1) is 14.0. The summed E-state index contributed by atoms with van der Waals surface area (Å²) in [4.78, 5) is 23.3. The lowest BCUT2D eigenvalue weighted by Gasteiger charge is -2.10. The molecule has 0 aliphatic heterocycles. The molecule has 0 aromatic heterocycles. The van der Waals surface area contributed by atoms with E-state index in [0.29, 0.717) is 34.1 Å². The lowest BCUT2D eigenvalue weighted by molar-refractivity contribution is -0.118. The molecular weight excluding hydrogens is 368 g/mol. The fourth-order valence-electron chi connectivity index (χ4n) is 2.51. The average molecular weight is 386 g/mol. The molecule has 0 saturated heterocycles. The largest absolute Gasteiger partial charge is 0.484 e. The van der Waals surface area contributed by atoms with Gasteiger partial charge in [0.2, 0.25) is 0 Å². The van der Waals surface area contributed by atoms with Gasteiger partial charge in [0.1, 0.15) is 23.3 Å². The minimum Gasteiger partial charge on any atom is -0.484 e. The van der Waals surface area contributed by atoms with E-state index in [2.05, 4.69) is 11.4 Å². The molecule has 0 saturated carbocycles. The van der Waals surface area contributed by atoms with Gasteiger partial charge in [-0.1, -0.05) is 12.1 Å². The predicted molar refractivity (Wildman–Crippen MR) is 108 cm³/mol. The standard InChI is InChI=1S/C23H18N2O4/c1-16(26)17-6-10-20(11-7-17)28-15-23(27)25-19-8-12-21(13-9-19)29-22-5-3-2-4-18(22)14-24/h2-13H,15H2,1H3,(H,25,27). The highest BCUT2D eigenvalue weighted by Gasteiger charge is 2.07. The zero-order chi connectivity index (χ0) is 20.6. The van der Waals surface area contributed by atoms with Crippen molar-refractivity contribution in [2.45, 2.75) is 6.92 Å². The van der Waals surface area contributed by atoms with Crippen LogP contribution in [0.1, 0.15) is 22.8 Å². The molecule has 0 fully saturated rings. The summed E-state index contributed by atoms with van der Waals surface area (Å²) in [5, 5.41) is 11.8.